The van der Waals surface area contributed by atoms with Gasteiger partial charge in [0.1, 0.15) is 12.4 Å². The van der Waals surface area contributed by atoms with E-state index in [9.17, 15) is 4.79 Å². The Morgan fingerprint density at radius 3 is 2.68 bits per heavy atom. The zero-order valence-electron chi connectivity index (χ0n) is 14.8. The molecule has 0 radical (unpaired) electrons. The van der Waals surface area contributed by atoms with E-state index in [2.05, 4.69) is 20.8 Å². The van der Waals surface area contributed by atoms with Gasteiger partial charge >= 0.3 is 6.03 Å². The maximum absolute atomic E-state index is 12.3. The zero-order valence-corrected chi connectivity index (χ0v) is 15.5. The molecule has 1 aromatic heterocycles. The standard InChI is InChI=1S/C21H17ClN4O2/c22-15-7-4-8-16(11-15)23-21(27)24-20-18-12-17(9-10-19(18)25-26-20)28-13-14-5-2-1-3-6-14/h1-12H,13H2,(H3,23,24,25,26,27). The van der Waals surface area contributed by atoms with Gasteiger partial charge in [-0.3, -0.25) is 10.4 Å². The molecule has 1 heterocycles. The third-order valence-electron chi connectivity index (χ3n) is 4.10. The number of rotatable bonds is 5. The fourth-order valence-electron chi connectivity index (χ4n) is 2.76. The lowest BCUT2D eigenvalue weighted by molar-refractivity contribution is 0.262. The van der Waals surface area contributed by atoms with Gasteiger partial charge in [0.15, 0.2) is 5.82 Å². The fraction of sp³-hybridized carbons (Fsp3) is 0.0476. The monoisotopic (exact) mass is 392 g/mol. The molecule has 4 aromatic rings. The molecule has 0 saturated heterocycles. The van der Waals surface area contributed by atoms with Crippen molar-refractivity contribution in [1.29, 1.82) is 0 Å². The number of carbonyl (C=O) groups excluding carboxylic acids is 1. The van der Waals surface area contributed by atoms with Gasteiger partial charge in [-0.15, -0.1) is 0 Å². The lowest BCUT2D eigenvalue weighted by atomic mass is 10.2. The Bertz CT molecular complexity index is 1110. The van der Waals surface area contributed by atoms with Crippen LogP contribution in [0.3, 0.4) is 0 Å². The number of anilines is 2. The minimum Gasteiger partial charge on any atom is -0.489 e. The summed E-state index contributed by atoms with van der Waals surface area (Å²) < 4.78 is 5.85. The zero-order chi connectivity index (χ0) is 19.3. The summed E-state index contributed by atoms with van der Waals surface area (Å²) >= 11 is 5.94. The van der Waals surface area contributed by atoms with Crippen molar-refractivity contribution in [3.8, 4) is 5.75 Å². The van der Waals surface area contributed by atoms with E-state index in [1.165, 1.54) is 0 Å². The van der Waals surface area contributed by atoms with Crippen LogP contribution < -0.4 is 15.4 Å². The van der Waals surface area contributed by atoms with E-state index in [1.54, 1.807) is 24.3 Å². The topological polar surface area (TPSA) is 79.0 Å². The molecule has 140 valence electrons. The van der Waals surface area contributed by atoms with E-state index in [4.69, 9.17) is 16.3 Å². The Hall–Kier alpha value is -3.51. The maximum Gasteiger partial charge on any atom is 0.324 e. The second-order valence-corrected chi connectivity index (χ2v) is 6.58. The number of hydrogen-bond donors (Lipinski definition) is 3. The van der Waals surface area contributed by atoms with Crippen LogP contribution in [0.4, 0.5) is 16.3 Å². The molecular formula is C21H17ClN4O2. The van der Waals surface area contributed by atoms with Crippen LogP contribution in [0.15, 0.2) is 72.8 Å². The Morgan fingerprint density at radius 2 is 1.86 bits per heavy atom. The first-order valence-corrected chi connectivity index (χ1v) is 9.03. The van der Waals surface area contributed by atoms with E-state index in [1.807, 2.05) is 48.5 Å². The first-order valence-electron chi connectivity index (χ1n) is 8.66. The van der Waals surface area contributed by atoms with Crippen molar-refractivity contribution in [3.05, 3.63) is 83.4 Å². The number of aromatic nitrogens is 2. The van der Waals surface area contributed by atoms with Crippen LogP contribution in [0.5, 0.6) is 5.75 Å². The molecule has 3 N–H and O–H groups in total. The van der Waals surface area contributed by atoms with Crippen molar-refractivity contribution in [2.24, 2.45) is 0 Å². The number of hydrogen-bond acceptors (Lipinski definition) is 3. The molecule has 0 aliphatic rings. The van der Waals surface area contributed by atoms with Crippen molar-refractivity contribution in [3.63, 3.8) is 0 Å². The van der Waals surface area contributed by atoms with Gasteiger partial charge < -0.3 is 10.1 Å². The third-order valence-corrected chi connectivity index (χ3v) is 4.33. The molecule has 6 nitrogen and oxygen atoms in total. The first kappa shape index (κ1) is 17.9. The number of fused-ring (bicyclic) bond motifs is 1. The normalized spacial score (nSPS) is 10.6. The van der Waals surface area contributed by atoms with Crippen LogP contribution in [-0.2, 0) is 6.61 Å². The highest BCUT2D eigenvalue weighted by Gasteiger charge is 2.11. The van der Waals surface area contributed by atoms with Crippen LogP contribution in [0.2, 0.25) is 5.02 Å². The SMILES string of the molecule is O=C(Nc1cccc(Cl)c1)Nc1n[nH]c2ccc(OCc3ccccc3)cc12. The number of halogens is 1. The predicted octanol–water partition coefficient (Wildman–Crippen LogP) is 5.44. The molecule has 0 spiro atoms. The lowest BCUT2D eigenvalue weighted by Crippen LogP contribution is -2.19. The van der Waals surface area contributed by atoms with E-state index >= 15 is 0 Å². The Kier molecular flexibility index (Phi) is 5.12. The molecule has 2 amide bonds. The van der Waals surface area contributed by atoms with Crippen molar-refractivity contribution in [2.45, 2.75) is 6.61 Å². The van der Waals surface area contributed by atoms with Gasteiger partial charge in [0.05, 0.1) is 5.52 Å². The molecule has 0 aliphatic heterocycles. The number of carbonyl (C=O) groups is 1. The van der Waals surface area contributed by atoms with Crippen LogP contribution in [0.25, 0.3) is 10.9 Å². The van der Waals surface area contributed by atoms with Gasteiger partial charge in [-0.2, -0.15) is 5.10 Å². The molecule has 0 unspecified atom stereocenters. The third kappa shape index (κ3) is 4.24. The molecule has 3 aromatic carbocycles. The van der Waals surface area contributed by atoms with Gasteiger partial charge in [0.25, 0.3) is 0 Å². The average molecular weight is 393 g/mol. The summed E-state index contributed by atoms with van der Waals surface area (Å²) in [7, 11) is 0. The van der Waals surface area contributed by atoms with Gasteiger partial charge in [-0.1, -0.05) is 48.0 Å². The fourth-order valence-corrected chi connectivity index (χ4v) is 2.95. The van der Waals surface area contributed by atoms with Crippen LogP contribution >= 0.6 is 11.6 Å². The minimum absolute atomic E-state index is 0.411. The van der Waals surface area contributed by atoms with Crippen LogP contribution in [0.1, 0.15) is 5.56 Å². The molecule has 7 heteroatoms. The Balaban J connectivity index is 1.47. The minimum atomic E-state index is -0.411. The number of amides is 2. The number of ether oxygens (including phenoxy) is 1. The molecule has 0 fully saturated rings. The van der Waals surface area contributed by atoms with Crippen molar-refractivity contribution in [2.75, 3.05) is 10.6 Å². The molecule has 0 atom stereocenters. The summed E-state index contributed by atoms with van der Waals surface area (Å²) in [5, 5.41) is 13.8. The summed E-state index contributed by atoms with van der Waals surface area (Å²) in [6.45, 7) is 0.461. The van der Waals surface area contributed by atoms with E-state index in [-0.39, 0.29) is 0 Å². The number of urea groups is 1. The maximum atomic E-state index is 12.3. The van der Waals surface area contributed by atoms with Gasteiger partial charge in [-0.05, 0) is 42.0 Å². The first-order chi connectivity index (χ1) is 13.7. The predicted molar refractivity (Wildman–Crippen MR) is 111 cm³/mol. The van der Waals surface area contributed by atoms with Crippen molar-refractivity contribution < 1.29 is 9.53 Å². The molecule has 4 rings (SSSR count). The summed E-state index contributed by atoms with van der Waals surface area (Å²) in [5.41, 5.74) is 2.47. The number of aromatic amines is 1. The van der Waals surface area contributed by atoms with Crippen molar-refractivity contribution >= 4 is 40.0 Å². The van der Waals surface area contributed by atoms with Gasteiger partial charge in [-0.25, -0.2) is 4.79 Å². The Morgan fingerprint density at radius 1 is 1.00 bits per heavy atom. The van der Waals surface area contributed by atoms with Gasteiger partial charge in [0.2, 0.25) is 0 Å². The highest BCUT2D eigenvalue weighted by Crippen LogP contribution is 2.26. The highest BCUT2D eigenvalue weighted by molar-refractivity contribution is 6.30. The summed E-state index contributed by atoms with van der Waals surface area (Å²) in [5.74, 6) is 1.11. The lowest BCUT2D eigenvalue weighted by Gasteiger charge is -2.08. The molecule has 0 saturated carbocycles. The molecule has 0 aliphatic carbocycles. The number of nitrogens with zero attached hydrogens (tertiary/aromatic N) is 1. The Labute approximate surface area is 166 Å². The average Bonchev–Trinajstić information content (AvgIpc) is 3.09. The molecule has 0 bridgehead atoms. The number of benzene rings is 3. The number of nitrogens with one attached hydrogen (secondary N) is 3. The molecule has 28 heavy (non-hydrogen) atoms. The van der Waals surface area contributed by atoms with E-state index in [0.29, 0.717) is 28.9 Å². The molecular weight excluding hydrogens is 376 g/mol. The van der Waals surface area contributed by atoms with E-state index in [0.717, 1.165) is 16.5 Å². The van der Waals surface area contributed by atoms with Crippen LogP contribution in [-0.4, -0.2) is 16.2 Å². The van der Waals surface area contributed by atoms with Gasteiger partial charge in [0, 0.05) is 16.1 Å². The summed E-state index contributed by atoms with van der Waals surface area (Å²) in [4.78, 5) is 12.3. The van der Waals surface area contributed by atoms with E-state index < -0.39 is 6.03 Å². The number of H-pyrrole nitrogens is 1. The quantitative estimate of drug-likeness (QED) is 0.423. The van der Waals surface area contributed by atoms with Crippen LogP contribution in [0, 0.1) is 0 Å². The second-order valence-electron chi connectivity index (χ2n) is 6.14. The van der Waals surface area contributed by atoms with Crippen molar-refractivity contribution in [1.82, 2.24) is 10.2 Å². The second kappa shape index (κ2) is 8.02. The summed E-state index contributed by atoms with van der Waals surface area (Å²) in [6.07, 6.45) is 0. The summed E-state index contributed by atoms with van der Waals surface area (Å²) in [6, 6.07) is 22.0. The smallest absolute Gasteiger partial charge is 0.324 e. The highest BCUT2D eigenvalue weighted by atomic mass is 35.5. The largest absolute Gasteiger partial charge is 0.489 e.